The van der Waals surface area contributed by atoms with E-state index in [1.807, 2.05) is 0 Å². The molecule has 2 rings (SSSR count). The lowest BCUT2D eigenvalue weighted by Gasteiger charge is -2.32. The molecule has 3 heteroatoms. The fourth-order valence-electron chi connectivity index (χ4n) is 2.92. The minimum Gasteiger partial charge on any atom is -0.379 e. The van der Waals surface area contributed by atoms with Crippen molar-refractivity contribution in [1.82, 2.24) is 10.2 Å². The zero-order valence-electron chi connectivity index (χ0n) is 14.5. The molecule has 0 spiro atoms. The number of nitrogens with one attached hydrogen (secondary N) is 1. The molecule has 1 aromatic rings. The van der Waals surface area contributed by atoms with E-state index in [1.54, 1.807) is 0 Å². The number of benzene rings is 1. The van der Waals surface area contributed by atoms with Crippen molar-refractivity contribution in [2.75, 3.05) is 39.4 Å². The highest BCUT2D eigenvalue weighted by Crippen LogP contribution is 2.08. The van der Waals surface area contributed by atoms with E-state index in [1.165, 1.54) is 11.1 Å². The average Bonchev–Trinajstić information content (AvgIpc) is 2.55. The summed E-state index contributed by atoms with van der Waals surface area (Å²) in [5.74, 6) is 0.658. The monoisotopic (exact) mass is 304 g/mol. The predicted molar refractivity (Wildman–Crippen MR) is 93.4 cm³/mol. The number of nitrogens with zero attached hydrogens (tertiary/aromatic N) is 1. The zero-order valence-corrected chi connectivity index (χ0v) is 14.5. The van der Waals surface area contributed by atoms with Crippen LogP contribution in [0.4, 0.5) is 0 Å². The quantitative estimate of drug-likeness (QED) is 0.799. The summed E-state index contributed by atoms with van der Waals surface area (Å²) in [5, 5.41) is 3.76. The fraction of sp³-hybridized carbons (Fsp3) is 0.684. The molecule has 1 unspecified atom stereocenters. The Morgan fingerprint density at radius 3 is 2.32 bits per heavy atom. The Bertz CT molecular complexity index is 410. The van der Waals surface area contributed by atoms with E-state index >= 15 is 0 Å². The van der Waals surface area contributed by atoms with E-state index in [0.29, 0.717) is 12.0 Å². The molecule has 1 N–H and O–H groups in total. The summed E-state index contributed by atoms with van der Waals surface area (Å²) in [5.41, 5.74) is 2.85. The van der Waals surface area contributed by atoms with Gasteiger partial charge in [0.1, 0.15) is 0 Å². The van der Waals surface area contributed by atoms with Gasteiger partial charge in [0.05, 0.1) is 13.2 Å². The van der Waals surface area contributed by atoms with Gasteiger partial charge in [-0.25, -0.2) is 0 Å². The maximum atomic E-state index is 5.44. The summed E-state index contributed by atoms with van der Waals surface area (Å²) in [6.07, 6.45) is 2.23. The molecule has 0 aliphatic carbocycles. The number of ether oxygens (including phenoxy) is 1. The van der Waals surface area contributed by atoms with Crippen LogP contribution in [0.2, 0.25) is 0 Å². The standard InChI is InChI=1S/C19H32N2O/c1-4-17-5-7-18(8-6-17)9-10-20-19(16(2)3)15-21-11-13-22-14-12-21/h5-8,16,19-20H,4,9-15H2,1-3H3. The van der Waals surface area contributed by atoms with Gasteiger partial charge in [0, 0.05) is 25.7 Å². The normalized spacial score (nSPS) is 17.8. The Balaban J connectivity index is 1.75. The Morgan fingerprint density at radius 1 is 1.09 bits per heavy atom. The van der Waals surface area contributed by atoms with Crippen LogP contribution in [0.25, 0.3) is 0 Å². The van der Waals surface area contributed by atoms with Crippen molar-refractivity contribution in [3.05, 3.63) is 35.4 Å². The second-order valence-corrected chi connectivity index (χ2v) is 6.64. The van der Waals surface area contributed by atoms with E-state index in [-0.39, 0.29) is 0 Å². The first-order valence-electron chi connectivity index (χ1n) is 8.80. The second-order valence-electron chi connectivity index (χ2n) is 6.64. The van der Waals surface area contributed by atoms with Crippen LogP contribution in [-0.4, -0.2) is 50.3 Å². The van der Waals surface area contributed by atoms with Crippen LogP contribution in [-0.2, 0) is 17.6 Å². The van der Waals surface area contributed by atoms with Gasteiger partial charge < -0.3 is 10.1 Å². The Labute approximate surface area is 136 Å². The number of hydrogen-bond donors (Lipinski definition) is 1. The van der Waals surface area contributed by atoms with E-state index in [2.05, 4.69) is 55.3 Å². The molecule has 1 heterocycles. The highest BCUT2D eigenvalue weighted by atomic mass is 16.5. The molecule has 0 amide bonds. The minimum atomic E-state index is 0.563. The molecule has 124 valence electrons. The molecular weight excluding hydrogens is 272 g/mol. The first-order chi connectivity index (χ1) is 10.7. The molecule has 1 saturated heterocycles. The summed E-state index contributed by atoms with van der Waals surface area (Å²) >= 11 is 0. The summed E-state index contributed by atoms with van der Waals surface area (Å²) < 4.78 is 5.44. The van der Waals surface area contributed by atoms with Crippen LogP contribution in [0.1, 0.15) is 31.9 Å². The van der Waals surface area contributed by atoms with Gasteiger partial charge in [0.2, 0.25) is 0 Å². The largest absolute Gasteiger partial charge is 0.379 e. The van der Waals surface area contributed by atoms with Crippen LogP contribution in [0.5, 0.6) is 0 Å². The van der Waals surface area contributed by atoms with Gasteiger partial charge in [-0.3, -0.25) is 4.90 Å². The van der Waals surface area contributed by atoms with Gasteiger partial charge in [-0.05, 0) is 36.4 Å². The van der Waals surface area contributed by atoms with E-state index in [9.17, 15) is 0 Å². The lowest BCUT2D eigenvalue weighted by Crippen LogP contribution is -2.48. The van der Waals surface area contributed by atoms with Crippen LogP contribution < -0.4 is 5.32 Å². The molecule has 1 aromatic carbocycles. The molecule has 1 aliphatic heterocycles. The summed E-state index contributed by atoms with van der Waals surface area (Å²) in [6, 6.07) is 9.61. The molecule has 0 saturated carbocycles. The average molecular weight is 304 g/mol. The Hall–Kier alpha value is -0.900. The van der Waals surface area contributed by atoms with Gasteiger partial charge >= 0.3 is 0 Å². The van der Waals surface area contributed by atoms with Crippen molar-refractivity contribution < 1.29 is 4.74 Å². The molecular formula is C19H32N2O. The highest BCUT2D eigenvalue weighted by molar-refractivity contribution is 5.22. The van der Waals surface area contributed by atoms with Crippen molar-refractivity contribution in [3.63, 3.8) is 0 Å². The first kappa shape index (κ1) is 17.5. The van der Waals surface area contributed by atoms with Crippen LogP contribution in [0, 0.1) is 5.92 Å². The van der Waals surface area contributed by atoms with Gasteiger partial charge in [-0.15, -0.1) is 0 Å². The lowest BCUT2D eigenvalue weighted by atomic mass is 10.0. The maximum Gasteiger partial charge on any atom is 0.0594 e. The Kier molecular flexibility index (Phi) is 7.37. The lowest BCUT2D eigenvalue weighted by molar-refractivity contribution is 0.0310. The molecule has 1 aliphatic rings. The molecule has 3 nitrogen and oxygen atoms in total. The van der Waals surface area contributed by atoms with Crippen molar-refractivity contribution in [1.29, 1.82) is 0 Å². The summed E-state index contributed by atoms with van der Waals surface area (Å²) in [4.78, 5) is 2.53. The van der Waals surface area contributed by atoms with E-state index in [0.717, 1.165) is 52.2 Å². The predicted octanol–water partition coefficient (Wildman–Crippen LogP) is 2.74. The number of rotatable bonds is 8. The van der Waals surface area contributed by atoms with E-state index in [4.69, 9.17) is 4.74 Å². The Morgan fingerprint density at radius 2 is 1.73 bits per heavy atom. The van der Waals surface area contributed by atoms with Gasteiger partial charge in [0.25, 0.3) is 0 Å². The fourth-order valence-corrected chi connectivity index (χ4v) is 2.92. The van der Waals surface area contributed by atoms with Gasteiger partial charge in [-0.1, -0.05) is 45.0 Å². The maximum absolute atomic E-state index is 5.44. The van der Waals surface area contributed by atoms with Crippen molar-refractivity contribution in [2.45, 2.75) is 39.7 Å². The molecule has 0 aromatic heterocycles. The van der Waals surface area contributed by atoms with Crippen LogP contribution in [0.3, 0.4) is 0 Å². The second kappa shape index (κ2) is 9.29. The third-order valence-electron chi connectivity index (χ3n) is 4.61. The number of hydrogen-bond acceptors (Lipinski definition) is 3. The first-order valence-corrected chi connectivity index (χ1v) is 8.80. The number of aryl methyl sites for hydroxylation is 1. The summed E-state index contributed by atoms with van der Waals surface area (Å²) in [6.45, 7) is 12.9. The van der Waals surface area contributed by atoms with Crippen molar-refractivity contribution in [2.24, 2.45) is 5.92 Å². The zero-order chi connectivity index (χ0) is 15.8. The molecule has 1 atom stereocenters. The SMILES string of the molecule is CCc1ccc(CCNC(CN2CCOCC2)C(C)C)cc1. The van der Waals surface area contributed by atoms with Crippen molar-refractivity contribution >= 4 is 0 Å². The summed E-state index contributed by atoms with van der Waals surface area (Å²) in [7, 11) is 0. The third-order valence-corrected chi connectivity index (χ3v) is 4.61. The number of morpholine rings is 1. The van der Waals surface area contributed by atoms with Crippen LogP contribution in [0.15, 0.2) is 24.3 Å². The molecule has 1 fully saturated rings. The molecule has 0 bridgehead atoms. The third kappa shape index (κ3) is 5.71. The van der Waals surface area contributed by atoms with E-state index < -0.39 is 0 Å². The smallest absolute Gasteiger partial charge is 0.0594 e. The highest BCUT2D eigenvalue weighted by Gasteiger charge is 2.18. The topological polar surface area (TPSA) is 24.5 Å². The van der Waals surface area contributed by atoms with Gasteiger partial charge in [-0.2, -0.15) is 0 Å². The molecule has 22 heavy (non-hydrogen) atoms. The van der Waals surface area contributed by atoms with Crippen molar-refractivity contribution in [3.8, 4) is 0 Å². The van der Waals surface area contributed by atoms with Gasteiger partial charge in [0.15, 0.2) is 0 Å². The molecule has 0 radical (unpaired) electrons. The minimum absolute atomic E-state index is 0.563. The van der Waals surface area contributed by atoms with Crippen LogP contribution >= 0.6 is 0 Å².